The fourth-order valence-corrected chi connectivity index (χ4v) is 3.78. The van der Waals surface area contributed by atoms with Gasteiger partial charge in [-0.3, -0.25) is 0 Å². The normalized spacial score (nSPS) is 16.2. The van der Waals surface area contributed by atoms with Gasteiger partial charge in [0.15, 0.2) is 0 Å². The first-order chi connectivity index (χ1) is 12.0. The second-order valence-corrected chi connectivity index (χ2v) is 8.99. The van der Waals surface area contributed by atoms with Crippen molar-refractivity contribution in [1.82, 2.24) is 0 Å². The van der Waals surface area contributed by atoms with Crippen molar-refractivity contribution < 1.29 is 9.76 Å². The summed E-state index contributed by atoms with van der Waals surface area (Å²) in [5.41, 5.74) is 4.35. The van der Waals surface area contributed by atoms with E-state index < -0.39 is 11.2 Å². The Balaban J connectivity index is 1.97. The first kappa shape index (κ1) is 19.6. The van der Waals surface area contributed by atoms with Crippen LogP contribution in [0, 0.1) is 0 Å². The summed E-state index contributed by atoms with van der Waals surface area (Å²) in [7, 11) is 5.99. The van der Waals surface area contributed by atoms with Crippen LogP contribution in [-0.4, -0.2) is 36.7 Å². The van der Waals surface area contributed by atoms with Crippen LogP contribution in [0.3, 0.4) is 0 Å². The molecule has 0 heterocycles. The molecule has 5 heteroatoms. The van der Waals surface area contributed by atoms with E-state index in [1.54, 1.807) is 19.8 Å². The summed E-state index contributed by atoms with van der Waals surface area (Å²) in [6.07, 6.45) is 0. The molecule has 3 rings (SSSR count). The van der Waals surface area contributed by atoms with Gasteiger partial charge in [-0.25, -0.2) is 0 Å². The fraction of sp³-hybridized carbons (Fsp3) is 0.381. The standard InChI is InChI=1S/C21H24B2BrO2/c1-20(2,25)21(3,4)26-23(5)13-6-8-15-16-9-7-14(24)11-18(16)19(12-22)17(15)10-13/h6-12,19,25H,1-5H3. The Morgan fingerprint density at radius 1 is 1.08 bits per heavy atom. The van der Waals surface area contributed by atoms with Gasteiger partial charge in [0.1, 0.15) is 0 Å². The van der Waals surface area contributed by atoms with E-state index in [2.05, 4.69) is 52.3 Å². The summed E-state index contributed by atoms with van der Waals surface area (Å²) in [4.78, 5) is 0. The summed E-state index contributed by atoms with van der Waals surface area (Å²) >= 11 is 3.56. The number of benzene rings is 2. The van der Waals surface area contributed by atoms with Crippen molar-refractivity contribution in [3.8, 4) is 11.1 Å². The maximum absolute atomic E-state index is 10.4. The molecule has 133 valence electrons. The third-order valence-electron chi connectivity index (χ3n) is 5.66. The predicted octanol–water partition coefficient (Wildman–Crippen LogP) is 3.93. The van der Waals surface area contributed by atoms with Crippen LogP contribution in [-0.2, 0) is 4.65 Å². The summed E-state index contributed by atoms with van der Waals surface area (Å²) in [5, 5.41) is 10.4. The van der Waals surface area contributed by atoms with Gasteiger partial charge in [-0.1, -0.05) is 0 Å². The number of rotatable bonds is 5. The van der Waals surface area contributed by atoms with Gasteiger partial charge in [-0.05, 0) is 0 Å². The average molecular weight is 410 g/mol. The fourth-order valence-electron chi connectivity index (χ4n) is 3.40. The van der Waals surface area contributed by atoms with Gasteiger partial charge in [-0.15, -0.1) is 0 Å². The molecule has 1 radical (unpaired) electrons. The second kappa shape index (κ2) is 6.78. The van der Waals surface area contributed by atoms with Crippen LogP contribution < -0.4 is 5.46 Å². The molecule has 2 aromatic rings. The Labute approximate surface area is 166 Å². The van der Waals surface area contributed by atoms with Gasteiger partial charge in [0, 0.05) is 0 Å². The minimum absolute atomic E-state index is 0.0759. The molecular weight excluding hydrogens is 386 g/mol. The van der Waals surface area contributed by atoms with Crippen LogP contribution >= 0.6 is 15.9 Å². The topological polar surface area (TPSA) is 29.5 Å². The van der Waals surface area contributed by atoms with Crippen LogP contribution in [0.15, 0.2) is 40.9 Å². The third-order valence-corrected chi connectivity index (χ3v) is 6.15. The van der Waals surface area contributed by atoms with Gasteiger partial charge >= 0.3 is 166 Å². The molecule has 1 aliphatic carbocycles. The molecule has 1 aliphatic rings. The van der Waals surface area contributed by atoms with Crippen LogP contribution in [0.2, 0.25) is 6.82 Å². The molecule has 1 unspecified atom stereocenters. The van der Waals surface area contributed by atoms with Gasteiger partial charge in [-0.2, -0.15) is 0 Å². The van der Waals surface area contributed by atoms with Gasteiger partial charge < -0.3 is 0 Å². The van der Waals surface area contributed by atoms with Gasteiger partial charge in [0.25, 0.3) is 0 Å². The zero-order chi connectivity index (χ0) is 19.3. The summed E-state index contributed by atoms with van der Waals surface area (Å²) in [6.45, 7) is 9.26. The van der Waals surface area contributed by atoms with E-state index in [1.807, 2.05) is 20.7 Å². The monoisotopic (exact) mass is 409 g/mol. The summed E-state index contributed by atoms with van der Waals surface area (Å²) in [5.74, 6) is 1.83. The second-order valence-electron chi connectivity index (χ2n) is 8.08. The van der Waals surface area contributed by atoms with E-state index in [0.717, 1.165) is 9.94 Å². The molecule has 0 fully saturated rings. The van der Waals surface area contributed by atoms with Crippen LogP contribution in [0.4, 0.5) is 0 Å². The molecule has 2 aromatic carbocycles. The average Bonchev–Trinajstić information content (AvgIpc) is 2.85. The van der Waals surface area contributed by atoms with E-state index in [-0.39, 0.29) is 12.8 Å². The van der Waals surface area contributed by atoms with E-state index in [1.165, 1.54) is 22.3 Å². The molecule has 0 aromatic heterocycles. The quantitative estimate of drug-likeness (QED) is 0.758. The van der Waals surface area contributed by atoms with Gasteiger partial charge in [0.2, 0.25) is 0 Å². The first-order valence-corrected chi connectivity index (χ1v) is 9.73. The molecule has 0 aliphatic heterocycles. The molecule has 0 amide bonds. The Morgan fingerprint density at radius 2 is 1.65 bits per heavy atom. The summed E-state index contributed by atoms with van der Waals surface area (Å²) < 4.78 is 7.27. The van der Waals surface area contributed by atoms with Crippen molar-refractivity contribution in [2.75, 3.05) is 0 Å². The first-order valence-electron chi connectivity index (χ1n) is 8.94. The van der Waals surface area contributed by atoms with E-state index in [0.29, 0.717) is 0 Å². The maximum atomic E-state index is 10.4. The van der Waals surface area contributed by atoms with E-state index in [4.69, 9.17) is 12.1 Å². The van der Waals surface area contributed by atoms with Crippen molar-refractivity contribution in [3.63, 3.8) is 0 Å². The summed E-state index contributed by atoms with van der Waals surface area (Å²) in [6, 6.07) is 12.8. The number of hydrogen-bond donors (Lipinski definition) is 1. The van der Waals surface area contributed by atoms with E-state index >= 15 is 0 Å². The van der Waals surface area contributed by atoms with Crippen LogP contribution in [0.1, 0.15) is 44.7 Å². The molecule has 1 atom stereocenters. The van der Waals surface area contributed by atoms with Crippen LogP contribution in [0.5, 0.6) is 0 Å². The van der Waals surface area contributed by atoms with Crippen molar-refractivity contribution >= 4 is 41.8 Å². The van der Waals surface area contributed by atoms with Crippen molar-refractivity contribution in [1.29, 1.82) is 0 Å². The zero-order valence-electron chi connectivity index (χ0n) is 16.0. The molecule has 0 saturated carbocycles. The SMILES string of the molecule is [B]=CC1c2cc(Br)ccc2-c2ccc(B(C)OC(C)(C)C(C)(C)O)cc21. The number of aliphatic hydroxyl groups is 1. The Hall–Kier alpha value is -1.16. The Morgan fingerprint density at radius 3 is 2.23 bits per heavy atom. The molecule has 1 N–H and O–H groups in total. The molecule has 0 saturated heterocycles. The van der Waals surface area contributed by atoms with Crippen molar-refractivity contribution in [2.24, 2.45) is 0 Å². The molecular formula is C21H24B2BrO2. The molecule has 2 nitrogen and oxygen atoms in total. The molecule has 26 heavy (non-hydrogen) atoms. The third kappa shape index (κ3) is 3.37. The van der Waals surface area contributed by atoms with Crippen LogP contribution in [0.25, 0.3) is 11.1 Å². The number of hydrogen-bond acceptors (Lipinski definition) is 2. The zero-order valence-corrected chi connectivity index (χ0v) is 17.6. The van der Waals surface area contributed by atoms with Crippen molar-refractivity contribution in [3.05, 3.63) is 52.0 Å². The Kier molecular flexibility index (Phi) is 5.11. The number of halogens is 1. The van der Waals surface area contributed by atoms with Crippen molar-refractivity contribution in [2.45, 2.75) is 51.6 Å². The molecule has 0 bridgehead atoms. The molecule has 0 spiro atoms. The predicted molar refractivity (Wildman–Crippen MR) is 116 cm³/mol. The minimum atomic E-state index is -0.936. The Bertz CT molecular complexity index is 856. The van der Waals surface area contributed by atoms with E-state index in [9.17, 15) is 5.11 Å². The van der Waals surface area contributed by atoms with Gasteiger partial charge in [0.05, 0.1) is 0 Å². The number of fused-ring (bicyclic) bond motifs is 3.